The summed E-state index contributed by atoms with van der Waals surface area (Å²) < 4.78 is 7.75. The molecule has 0 radical (unpaired) electrons. The molecule has 7 nitrogen and oxygen atoms in total. The highest BCUT2D eigenvalue weighted by atomic mass is 35.5. The molecular weight excluding hydrogens is 402 g/mol. The van der Waals surface area contributed by atoms with Crippen LogP contribution in [0, 0.1) is 29.6 Å². The van der Waals surface area contributed by atoms with Gasteiger partial charge in [0.25, 0.3) is 0 Å². The molecule has 0 unspecified atom stereocenters. The summed E-state index contributed by atoms with van der Waals surface area (Å²) in [6.07, 6.45) is 0. The monoisotopic (exact) mass is 421 g/mol. The molecule has 0 atom stereocenters. The Balaban J connectivity index is 1.81. The van der Waals surface area contributed by atoms with Crippen LogP contribution in [0.3, 0.4) is 0 Å². The van der Waals surface area contributed by atoms with Crippen LogP contribution in [0.1, 0.15) is 28.1 Å². The molecule has 3 rings (SSSR count). The second-order valence-corrected chi connectivity index (χ2v) is 7.05. The smallest absolute Gasteiger partial charge is 0.172 e. The number of nitrogens with one attached hydrogen (secondary N) is 1. The van der Waals surface area contributed by atoms with Gasteiger partial charge in [-0.1, -0.05) is 23.7 Å². The van der Waals surface area contributed by atoms with Crippen LogP contribution in [0.5, 0.6) is 11.5 Å². The van der Waals surface area contributed by atoms with Crippen LogP contribution in [-0.4, -0.2) is 21.5 Å². The molecule has 0 spiro atoms. The van der Waals surface area contributed by atoms with E-state index in [0.717, 1.165) is 11.3 Å². The molecule has 2 N–H and O–H groups in total. The van der Waals surface area contributed by atoms with E-state index in [9.17, 15) is 5.11 Å². The first kappa shape index (κ1) is 21.4. The minimum Gasteiger partial charge on any atom is -0.453 e. The van der Waals surface area contributed by atoms with Crippen molar-refractivity contribution in [2.24, 2.45) is 0 Å². The van der Waals surface area contributed by atoms with E-state index in [4.69, 9.17) is 26.9 Å². The maximum absolute atomic E-state index is 9.39. The Hall–Kier alpha value is -3.36. The number of hydrogen-bond donors (Lipinski definition) is 2. The van der Waals surface area contributed by atoms with Gasteiger partial charge in [-0.25, -0.2) is 0 Å². The normalized spacial score (nSPS) is 10.4. The fourth-order valence-corrected chi connectivity index (χ4v) is 3.25. The maximum atomic E-state index is 9.39. The van der Waals surface area contributed by atoms with Crippen molar-refractivity contribution in [2.45, 2.75) is 26.6 Å². The fourth-order valence-electron chi connectivity index (χ4n) is 3.02. The van der Waals surface area contributed by atoms with E-state index in [1.165, 1.54) is 0 Å². The van der Waals surface area contributed by atoms with Gasteiger partial charge in [-0.15, -0.1) is 0 Å². The molecule has 1 aromatic heterocycles. The second-order valence-electron chi connectivity index (χ2n) is 6.61. The number of benzene rings is 2. The summed E-state index contributed by atoms with van der Waals surface area (Å²) in [4.78, 5) is 0. The number of rotatable bonds is 8. The van der Waals surface area contributed by atoms with E-state index in [1.54, 1.807) is 35.0 Å². The minimum absolute atomic E-state index is 0.0566. The van der Waals surface area contributed by atoms with Gasteiger partial charge >= 0.3 is 0 Å². The molecule has 152 valence electrons. The van der Waals surface area contributed by atoms with Gasteiger partial charge in [-0.3, -0.25) is 4.68 Å². The number of aromatic nitrogens is 2. The van der Waals surface area contributed by atoms with Gasteiger partial charge in [-0.05, 0) is 42.8 Å². The first-order valence-electron chi connectivity index (χ1n) is 9.29. The Morgan fingerprint density at radius 1 is 1.10 bits per heavy atom. The summed E-state index contributed by atoms with van der Waals surface area (Å²) in [5.41, 5.74) is 3.49. The van der Waals surface area contributed by atoms with Crippen LogP contribution in [-0.2, 0) is 19.6 Å². The van der Waals surface area contributed by atoms with Crippen molar-refractivity contribution >= 4 is 11.6 Å². The van der Waals surface area contributed by atoms with E-state index < -0.39 is 0 Å². The van der Waals surface area contributed by atoms with Crippen molar-refractivity contribution in [1.29, 1.82) is 10.5 Å². The fraction of sp³-hybridized carbons (Fsp3) is 0.227. The Morgan fingerprint density at radius 3 is 2.50 bits per heavy atom. The first-order valence-corrected chi connectivity index (χ1v) is 9.67. The van der Waals surface area contributed by atoms with Crippen molar-refractivity contribution in [3.8, 4) is 23.6 Å². The lowest BCUT2D eigenvalue weighted by Gasteiger charge is -2.12. The average Bonchev–Trinajstić information content (AvgIpc) is 3.02. The van der Waals surface area contributed by atoms with Crippen LogP contribution in [0.2, 0.25) is 5.02 Å². The number of ether oxygens (including phenoxy) is 1. The van der Waals surface area contributed by atoms with Crippen LogP contribution < -0.4 is 10.1 Å². The zero-order valence-corrected chi connectivity index (χ0v) is 17.1. The van der Waals surface area contributed by atoms with Gasteiger partial charge in [-0.2, -0.15) is 15.6 Å². The second kappa shape index (κ2) is 9.91. The molecule has 0 saturated heterocycles. The Morgan fingerprint density at radius 2 is 1.83 bits per heavy atom. The van der Waals surface area contributed by atoms with Gasteiger partial charge < -0.3 is 15.2 Å². The molecule has 0 saturated carbocycles. The average molecular weight is 422 g/mol. The lowest BCUT2D eigenvalue weighted by molar-refractivity contribution is 0.266. The lowest BCUT2D eigenvalue weighted by atomic mass is 10.1. The Bertz CT molecular complexity index is 1110. The molecule has 0 aliphatic carbocycles. The maximum Gasteiger partial charge on any atom is 0.172 e. The summed E-state index contributed by atoms with van der Waals surface area (Å²) in [5, 5.41) is 35.7. The quantitative estimate of drug-likeness (QED) is 0.574. The SMILES string of the molecule is Cc1nn(CCO)c(CNCc2ccc(C#N)cc2)c1Oc1cc(Cl)cc(C#N)c1. The van der Waals surface area contributed by atoms with Crippen LogP contribution in [0.15, 0.2) is 42.5 Å². The highest BCUT2D eigenvalue weighted by Gasteiger charge is 2.18. The number of halogens is 1. The third-order valence-corrected chi connectivity index (χ3v) is 4.63. The lowest BCUT2D eigenvalue weighted by Crippen LogP contribution is -2.18. The molecule has 8 heteroatoms. The van der Waals surface area contributed by atoms with Gasteiger partial charge in [0.1, 0.15) is 11.4 Å². The molecular formula is C22H20ClN5O2. The van der Waals surface area contributed by atoms with Gasteiger partial charge in [0, 0.05) is 18.1 Å². The highest BCUT2D eigenvalue weighted by molar-refractivity contribution is 6.30. The highest BCUT2D eigenvalue weighted by Crippen LogP contribution is 2.31. The molecule has 3 aromatic rings. The van der Waals surface area contributed by atoms with Crippen molar-refractivity contribution in [1.82, 2.24) is 15.1 Å². The third-order valence-electron chi connectivity index (χ3n) is 4.41. The number of nitriles is 2. The van der Waals surface area contributed by atoms with Gasteiger partial charge in [0.15, 0.2) is 5.75 Å². The molecule has 2 aromatic carbocycles. The summed E-state index contributed by atoms with van der Waals surface area (Å²) in [5.74, 6) is 1.00. The first-order chi connectivity index (χ1) is 14.5. The molecule has 0 aliphatic heterocycles. The van der Waals surface area contributed by atoms with E-state index >= 15 is 0 Å². The molecule has 1 heterocycles. The summed E-state index contributed by atoms with van der Waals surface area (Å²) in [6.45, 7) is 3.13. The van der Waals surface area contributed by atoms with E-state index in [-0.39, 0.29) is 6.61 Å². The zero-order valence-electron chi connectivity index (χ0n) is 16.4. The molecule has 0 fully saturated rings. The molecule has 0 aliphatic rings. The number of hydrogen-bond acceptors (Lipinski definition) is 6. The summed E-state index contributed by atoms with van der Waals surface area (Å²) in [7, 11) is 0. The minimum atomic E-state index is -0.0566. The van der Waals surface area contributed by atoms with Crippen LogP contribution in [0.4, 0.5) is 0 Å². The predicted molar refractivity (Wildman–Crippen MR) is 112 cm³/mol. The topological polar surface area (TPSA) is 107 Å². The Kier molecular flexibility index (Phi) is 7.05. The van der Waals surface area contributed by atoms with Crippen molar-refractivity contribution in [3.63, 3.8) is 0 Å². The molecule has 0 bridgehead atoms. The summed E-state index contributed by atoms with van der Waals surface area (Å²) >= 11 is 6.09. The predicted octanol–water partition coefficient (Wildman–Crippen LogP) is 3.66. The zero-order chi connectivity index (χ0) is 21.5. The van der Waals surface area contributed by atoms with Crippen LogP contribution >= 0.6 is 11.6 Å². The number of aryl methyl sites for hydroxylation is 1. The van der Waals surface area contributed by atoms with Gasteiger partial charge in [0.05, 0.1) is 42.1 Å². The summed E-state index contributed by atoms with van der Waals surface area (Å²) in [6, 6.07) is 16.3. The van der Waals surface area contributed by atoms with Crippen LogP contribution in [0.25, 0.3) is 0 Å². The van der Waals surface area contributed by atoms with E-state index in [2.05, 4.69) is 22.6 Å². The van der Waals surface area contributed by atoms with E-state index in [1.807, 2.05) is 19.1 Å². The standard InChI is InChI=1S/C22H20ClN5O2/c1-15-22(30-20-9-18(12-25)8-19(23)10-20)21(28(27-15)6-7-29)14-26-13-17-4-2-16(11-24)3-5-17/h2-5,8-10,26,29H,6-7,13-14H2,1H3. The number of aliphatic hydroxyl groups is 1. The van der Waals surface area contributed by atoms with Crippen molar-refractivity contribution in [2.75, 3.05) is 6.61 Å². The van der Waals surface area contributed by atoms with Crippen molar-refractivity contribution in [3.05, 3.63) is 75.6 Å². The Labute approximate surface area is 179 Å². The molecule has 0 amide bonds. The largest absolute Gasteiger partial charge is 0.453 e. The third kappa shape index (κ3) is 5.16. The van der Waals surface area contributed by atoms with Crippen molar-refractivity contribution < 1.29 is 9.84 Å². The number of nitrogens with zero attached hydrogens (tertiary/aromatic N) is 4. The number of aliphatic hydroxyl groups excluding tert-OH is 1. The molecule has 30 heavy (non-hydrogen) atoms. The van der Waals surface area contributed by atoms with Gasteiger partial charge in [0.2, 0.25) is 0 Å². The van der Waals surface area contributed by atoms with E-state index in [0.29, 0.717) is 53.0 Å².